The lowest BCUT2D eigenvalue weighted by Gasteiger charge is -2.23. The average Bonchev–Trinajstić information content (AvgIpc) is 2.17. The molecule has 0 atom stereocenters. The lowest BCUT2D eigenvalue weighted by atomic mass is 10.1. The molecule has 2 nitrogen and oxygen atoms in total. The molecule has 14 heavy (non-hydrogen) atoms. The van der Waals surface area contributed by atoms with Gasteiger partial charge in [-0.1, -0.05) is 11.6 Å². The van der Waals surface area contributed by atoms with Gasteiger partial charge in [-0.25, -0.2) is 0 Å². The molecule has 0 aromatic heterocycles. The van der Waals surface area contributed by atoms with E-state index in [1.54, 1.807) is 11.5 Å². The van der Waals surface area contributed by atoms with E-state index in [1.165, 1.54) is 5.57 Å². The fourth-order valence-electron chi connectivity index (χ4n) is 1.60. The number of halogens is 1. The number of rotatable bonds is 1. The summed E-state index contributed by atoms with van der Waals surface area (Å²) in [6.45, 7) is 2.84. The Morgan fingerprint density at radius 2 is 2.21 bits per heavy atom. The lowest BCUT2D eigenvalue weighted by Crippen LogP contribution is -2.17. The first-order valence-electron chi connectivity index (χ1n) is 4.49. The van der Waals surface area contributed by atoms with Crippen LogP contribution in [0.1, 0.15) is 12.5 Å². The van der Waals surface area contributed by atoms with Gasteiger partial charge in [0.25, 0.3) is 0 Å². The summed E-state index contributed by atoms with van der Waals surface area (Å²) in [7, 11) is 1.66. The van der Waals surface area contributed by atoms with Gasteiger partial charge >= 0.3 is 0 Å². The topological polar surface area (TPSA) is 12.5 Å². The van der Waals surface area contributed by atoms with E-state index in [4.69, 9.17) is 16.5 Å². The molecule has 1 aliphatic rings. The van der Waals surface area contributed by atoms with Crippen molar-refractivity contribution in [2.75, 3.05) is 18.1 Å². The molecule has 0 bridgehead atoms. The number of hydrogen-bond acceptors (Lipinski definition) is 2. The third-order valence-electron chi connectivity index (χ3n) is 2.29. The van der Waals surface area contributed by atoms with Gasteiger partial charge in [-0.3, -0.25) is 4.42 Å². The molecule has 3 heteroatoms. The molecule has 0 saturated carbocycles. The molecule has 0 radical (unpaired) electrons. The molecule has 74 valence electrons. The fraction of sp³-hybridized carbons (Fsp3) is 0.273. The van der Waals surface area contributed by atoms with Gasteiger partial charge in [0.1, 0.15) is 5.75 Å². The van der Waals surface area contributed by atoms with Crippen molar-refractivity contribution in [1.29, 1.82) is 0 Å². The van der Waals surface area contributed by atoms with Crippen LogP contribution >= 0.6 is 11.8 Å². The standard InChI is InChI=1S/C11H12ClNO/c1-8-5-9-3-4-10(14-2)6-11(9)13(12)7-8/h3-6H,7H2,1-2H3. The van der Waals surface area contributed by atoms with Crippen LogP contribution in [0, 0.1) is 0 Å². The Kier molecular flexibility index (Phi) is 2.38. The molecule has 2 rings (SSSR count). The van der Waals surface area contributed by atoms with Crippen LogP contribution in [0.15, 0.2) is 23.8 Å². The molecule has 1 aromatic carbocycles. The number of nitrogens with zero attached hydrogens (tertiary/aromatic N) is 1. The Balaban J connectivity index is 2.49. The first kappa shape index (κ1) is 9.41. The van der Waals surface area contributed by atoms with Crippen LogP contribution in [0.5, 0.6) is 5.75 Å². The predicted octanol–water partition coefficient (Wildman–Crippen LogP) is 3.07. The maximum absolute atomic E-state index is 6.11. The second-order valence-corrected chi connectivity index (χ2v) is 3.84. The Bertz CT molecular complexity index is 387. The zero-order valence-corrected chi connectivity index (χ0v) is 9.01. The van der Waals surface area contributed by atoms with Gasteiger partial charge in [0.2, 0.25) is 0 Å². The SMILES string of the molecule is COc1ccc2c(c1)N(Cl)CC(C)=C2. The van der Waals surface area contributed by atoms with Crippen LogP contribution in [0.4, 0.5) is 5.69 Å². The van der Waals surface area contributed by atoms with Crippen molar-refractivity contribution in [3.63, 3.8) is 0 Å². The van der Waals surface area contributed by atoms with Crippen molar-refractivity contribution in [2.45, 2.75) is 6.92 Å². The Labute approximate surface area is 88.8 Å². The van der Waals surface area contributed by atoms with E-state index >= 15 is 0 Å². The zero-order valence-electron chi connectivity index (χ0n) is 8.25. The summed E-state index contributed by atoms with van der Waals surface area (Å²) < 4.78 is 6.86. The fourth-order valence-corrected chi connectivity index (χ4v) is 1.93. The van der Waals surface area contributed by atoms with Crippen molar-refractivity contribution in [2.24, 2.45) is 0 Å². The highest BCUT2D eigenvalue weighted by molar-refractivity contribution is 6.26. The van der Waals surface area contributed by atoms with Crippen molar-refractivity contribution in [3.05, 3.63) is 29.3 Å². The van der Waals surface area contributed by atoms with Crippen LogP contribution < -0.4 is 9.16 Å². The molecule has 1 aromatic rings. The number of benzene rings is 1. The molecule has 0 aliphatic carbocycles. The summed E-state index contributed by atoms with van der Waals surface area (Å²) in [6, 6.07) is 5.91. The molecule has 0 amide bonds. The second kappa shape index (κ2) is 3.54. The van der Waals surface area contributed by atoms with E-state index in [-0.39, 0.29) is 0 Å². The van der Waals surface area contributed by atoms with Gasteiger partial charge in [-0.15, -0.1) is 0 Å². The minimum absolute atomic E-state index is 0.766. The zero-order chi connectivity index (χ0) is 10.1. The highest BCUT2D eigenvalue weighted by atomic mass is 35.5. The average molecular weight is 210 g/mol. The van der Waals surface area contributed by atoms with Gasteiger partial charge in [-0.05, 0) is 24.6 Å². The minimum atomic E-state index is 0.766. The molecular formula is C11H12ClNO. The smallest absolute Gasteiger partial charge is 0.121 e. The van der Waals surface area contributed by atoms with Gasteiger partial charge < -0.3 is 4.74 Å². The lowest BCUT2D eigenvalue weighted by molar-refractivity contribution is 0.415. The van der Waals surface area contributed by atoms with Gasteiger partial charge in [0.05, 0.1) is 19.3 Å². The molecule has 0 N–H and O–H groups in total. The first-order valence-corrected chi connectivity index (χ1v) is 4.83. The summed E-state index contributed by atoms with van der Waals surface area (Å²) in [4.78, 5) is 0. The number of fused-ring (bicyclic) bond motifs is 1. The van der Waals surface area contributed by atoms with E-state index in [0.29, 0.717) is 0 Å². The van der Waals surface area contributed by atoms with Crippen LogP contribution in [-0.4, -0.2) is 13.7 Å². The third-order valence-corrected chi connectivity index (χ3v) is 2.59. The number of hydrogen-bond donors (Lipinski definition) is 0. The van der Waals surface area contributed by atoms with Gasteiger partial charge in [0.15, 0.2) is 0 Å². The molecule has 1 aliphatic heterocycles. The second-order valence-electron chi connectivity index (χ2n) is 3.44. The van der Waals surface area contributed by atoms with Crippen LogP contribution in [0.25, 0.3) is 6.08 Å². The van der Waals surface area contributed by atoms with Crippen LogP contribution in [0.3, 0.4) is 0 Å². The summed E-state index contributed by atoms with van der Waals surface area (Å²) in [5, 5.41) is 0. The maximum atomic E-state index is 6.11. The quantitative estimate of drug-likeness (QED) is 0.660. The molecule has 1 heterocycles. The Morgan fingerprint density at radius 1 is 1.43 bits per heavy atom. The van der Waals surface area contributed by atoms with Crippen LogP contribution in [-0.2, 0) is 0 Å². The largest absolute Gasteiger partial charge is 0.497 e. The van der Waals surface area contributed by atoms with Crippen molar-refractivity contribution >= 4 is 23.5 Å². The number of ether oxygens (including phenoxy) is 1. The van der Waals surface area contributed by atoms with E-state index < -0.39 is 0 Å². The molecular weight excluding hydrogens is 198 g/mol. The molecule has 0 saturated heterocycles. The predicted molar refractivity (Wildman–Crippen MR) is 59.8 cm³/mol. The Morgan fingerprint density at radius 3 is 2.93 bits per heavy atom. The third kappa shape index (κ3) is 1.58. The summed E-state index contributed by atoms with van der Waals surface area (Å²) in [6.07, 6.45) is 2.15. The molecule has 0 fully saturated rings. The van der Waals surface area contributed by atoms with E-state index in [2.05, 4.69) is 13.0 Å². The van der Waals surface area contributed by atoms with Crippen molar-refractivity contribution < 1.29 is 4.74 Å². The van der Waals surface area contributed by atoms with Gasteiger partial charge in [-0.2, -0.15) is 0 Å². The van der Waals surface area contributed by atoms with Crippen molar-refractivity contribution in [1.82, 2.24) is 0 Å². The first-order chi connectivity index (χ1) is 6.70. The summed E-state index contributed by atoms with van der Waals surface area (Å²) in [5.74, 6) is 0.836. The number of methoxy groups -OCH3 is 1. The minimum Gasteiger partial charge on any atom is -0.497 e. The molecule has 0 spiro atoms. The van der Waals surface area contributed by atoms with E-state index in [1.807, 2.05) is 18.2 Å². The Hall–Kier alpha value is -1.15. The highest BCUT2D eigenvalue weighted by Crippen LogP contribution is 2.32. The van der Waals surface area contributed by atoms with E-state index in [9.17, 15) is 0 Å². The van der Waals surface area contributed by atoms with E-state index in [0.717, 1.165) is 23.5 Å². The monoisotopic (exact) mass is 209 g/mol. The summed E-state index contributed by atoms with van der Waals surface area (Å²) in [5.41, 5.74) is 3.42. The number of anilines is 1. The normalized spacial score (nSPS) is 14.8. The maximum Gasteiger partial charge on any atom is 0.121 e. The van der Waals surface area contributed by atoms with Crippen LogP contribution in [0.2, 0.25) is 0 Å². The molecule has 0 unspecified atom stereocenters. The highest BCUT2D eigenvalue weighted by Gasteiger charge is 2.14. The summed E-state index contributed by atoms with van der Waals surface area (Å²) >= 11 is 6.11. The van der Waals surface area contributed by atoms with Crippen molar-refractivity contribution in [3.8, 4) is 5.75 Å². The van der Waals surface area contributed by atoms with Gasteiger partial charge in [0, 0.05) is 17.8 Å².